The van der Waals surface area contributed by atoms with Gasteiger partial charge in [-0.1, -0.05) is 93.6 Å². The second-order valence-electron chi connectivity index (χ2n) is 8.03. The van der Waals surface area contributed by atoms with Gasteiger partial charge in [0, 0.05) is 5.57 Å². The Balaban J connectivity index is 1.74. The van der Waals surface area contributed by atoms with E-state index in [2.05, 4.69) is 105 Å². The zero-order valence-corrected chi connectivity index (χ0v) is 17.0. The SMILES string of the molecule is CC(C)(C)[C@@H]1COC(=C2C=CC=C2P(c2ccccc2)c2ccccc2)N1. The van der Waals surface area contributed by atoms with E-state index < -0.39 is 7.92 Å². The Morgan fingerprint density at radius 2 is 1.52 bits per heavy atom. The van der Waals surface area contributed by atoms with E-state index in [9.17, 15) is 0 Å². The number of nitrogens with one attached hydrogen (secondary N) is 1. The third kappa shape index (κ3) is 3.73. The van der Waals surface area contributed by atoms with Crippen molar-refractivity contribution in [2.75, 3.05) is 6.61 Å². The smallest absolute Gasteiger partial charge is 0.195 e. The van der Waals surface area contributed by atoms with Crippen LogP contribution in [0.25, 0.3) is 0 Å². The third-order valence-electron chi connectivity index (χ3n) is 5.05. The molecular weight excluding hydrogens is 349 g/mol. The van der Waals surface area contributed by atoms with Crippen LogP contribution in [0.5, 0.6) is 0 Å². The first-order valence-corrected chi connectivity index (χ1v) is 10.8. The van der Waals surface area contributed by atoms with Gasteiger partial charge in [0.2, 0.25) is 0 Å². The van der Waals surface area contributed by atoms with Crippen LogP contribution in [-0.2, 0) is 4.74 Å². The standard InChI is InChI=1S/C24H26NOP/c1-24(2,3)22-17-26-23(25-22)20-15-10-16-21(20)27(18-11-6-4-7-12-18)19-13-8-5-9-14-19/h4-16,22,25H,17H2,1-3H3/t22-/m0/s1. The van der Waals surface area contributed by atoms with Crippen LogP contribution in [0.2, 0.25) is 0 Å². The van der Waals surface area contributed by atoms with Crippen LogP contribution in [0.4, 0.5) is 0 Å². The summed E-state index contributed by atoms with van der Waals surface area (Å²) in [4.78, 5) is 0. The van der Waals surface area contributed by atoms with Gasteiger partial charge in [-0.25, -0.2) is 0 Å². The second kappa shape index (κ2) is 7.37. The topological polar surface area (TPSA) is 21.3 Å². The molecule has 0 bridgehead atoms. The van der Waals surface area contributed by atoms with Gasteiger partial charge in [-0.15, -0.1) is 0 Å². The maximum Gasteiger partial charge on any atom is 0.195 e. The summed E-state index contributed by atoms with van der Waals surface area (Å²) in [6.07, 6.45) is 6.59. The molecule has 1 N–H and O–H groups in total. The van der Waals surface area contributed by atoms with Crippen LogP contribution in [0.3, 0.4) is 0 Å². The van der Waals surface area contributed by atoms with Gasteiger partial charge in [-0.05, 0) is 35.3 Å². The van der Waals surface area contributed by atoms with Crippen molar-refractivity contribution in [3.8, 4) is 0 Å². The highest BCUT2D eigenvalue weighted by molar-refractivity contribution is 7.77. The van der Waals surface area contributed by atoms with Crippen molar-refractivity contribution in [3.63, 3.8) is 0 Å². The van der Waals surface area contributed by atoms with E-state index in [1.54, 1.807) is 0 Å². The molecule has 1 fully saturated rings. The van der Waals surface area contributed by atoms with E-state index in [-0.39, 0.29) is 5.41 Å². The van der Waals surface area contributed by atoms with Crippen molar-refractivity contribution in [2.24, 2.45) is 5.41 Å². The molecule has 0 saturated carbocycles. The van der Waals surface area contributed by atoms with Crippen molar-refractivity contribution in [2.45, 2.75) is 26.8 Å². The number of hydrogen-bond acceptors (Lipinski definition) is 2. The average molecular weight is 375 g/mol. The van der Waals surface area contributed by atoms with Gasteiger partial charge in [0.15, 0.2) is 5.88 Å². The lowest BCUT2D eigenvalue weighted by Crippen LogP contribution is -2.36. The first kappa shape index (κ1) is 18.1. The highest BCUT2D eigenvalue weighted by atomic mass is 31.1. The zero-order chi connectivity index (χ0) is 18.9. The molecule has 0 amide bonds. The molecule has 27 heavy (non-hydrogen) atoms. The summed E-state index contributed by atoms with van der Waals surface area (Å²) in [7, 11) is -0.629. The lowest BCUT2D eigenvalue weighted by molar-refractivity contribution is 0.214. The minimum absolute atomic E-state index is 0.165. The Labute approximate surface area is 163 Å². The molecule has 1 aliphatic carbocycles. The summed E-state index contributed by atoms with van der Waals surface area (Å²) < 4.78 is 6.11. The summed E-state index contributed by atoms with van der Waals surface area (Å²) in [5, 5.41) is 7.70. The Morgan fingerprint density at radius 3 is 2.04 bits per heavy atom. The zero-order valence-electron chi connectivity index (χ0n) is 16.1. The van der Waals surface area contributed by atoms with Crippen molar-refractivity contribution in [1.82, 2.24) is 5.32 Å². The average Bonchev–Trinajstić information content (AvgIpc) is 3.33. The fourth-order valence-corrected chi connectivity index (χ4v) is 5.86. The van der Waals surface area contributed by atoms with Crippen LogP contribution in [0, 0.1) is 5.41 Å². The molecule has 0 aromatic heterocycles. The predicted molar refractivity (Wildman–Crippen MR) is 116 cm³/mol. The largest absolute Gasteiger partial charge is 0.477 e. The van der Waals surface area contributed by atoms with Crippen LogP contribution >= 0.6 is 7.92 Å². The molecule has 138 valence electrons. The molecule has 2 aromatic carbocycles. The van der Waals surface area contributed by atoms with Gasteiger partial charge in [0.05, 0.1) is 6.04 Å². The quantitative estimate of drug-likeness (QED) is 0.777. The molecule has 2 nitrogen and oxygen atoms in total. The van der Waals surface area contributed by atoms with Gasteiger partial charge in [0.25, 0.3) is 0 Å². The Kier molecular flexibility index (Phi) is 4.93. The maximum atomic E-state index is 6.11. The van der Waals surface area contributed by atoms with Gasteiger partial charge in [-0.2, -0.15) is 0 Å². The van der Waals surface area contributed by atoms with Crippen molar-refractivity contribution in [1.29, 1.82) is 0 Å². The second-order valence-corrected chi connectivity index (χ2v) is 10.2. The molecule has 0 radical (unpaired) electrons. The van der Waals surface area contributed by atoms with E-state index in [1.165, 1.54) is 21.5 Å². The maximum absolute atomic E-state index is 6.11. The van der Waals surface area contributed by atoms with Gasteiger partial charge in [0.1, 0.15) is 6.61 Å². The predicted octanol–water partition coefficient (Wildman–Crippen LogP) is 4.82. The minimum Gasteiger partial charge on any atom is -0.477 e. The van der Waals surface area contributed by atoms with E-state index in [1.807, 2.05) is 0 Å². The molecular formula is C24H26NOP. The molecule has 1 atom stereocenters. The summed E-state index contributed by atoms with van der Waals surface area (Å²) in [6.45, 7) is 7.48. The van der Waals surface area contributed by atoms with Crippen LogP contribution in [0.1, 0.15) is 20.8 Å². The van der Waals surface area contributed by atoms with E-state index >= 15 is 0 Å². The van der Waals surface area contributed by atoms with Crippen LogP contribution in [0.15, 0.2) is 95.7 Å². The molecule has 0 spiro atoms. The summed E-state index contributed by atoms with van der Waals surface area (Å²) >= 11 is 0. The minimum atomic E-state index is -0.629. The molecule has 2 aromatic rings. The van der Waals surface area contributed by atoms with Crippen LogP contribution in [-0.4, -0.2) is 12.6 Å². The highest BCUT2D eigenvalue weighted by Crippen LogP contribution is 2.49. The van der Waals surface area contributed by atoms with Crippen molar-refractivity contribution >= 4 is 18.5 Å². The van der Waals surface area contributed by atoms with Gasteiger partial charge in [-0.3, -0.25) is 0 Å². The summed E-state index contributed by atoms with van der Waals surface area (Å²) in [5.41, 5.74) is 1.36. The molecule has 3 heteroatoms. The van der Waals surface area contributed by atoms with E-state index in [0.717, 1.165) is 12.5 Å². The number of ether oxygens (including phenoxy) is 1. The molecule has 4 rings (SSSR count). The first-order chi connectivity index (χ1) is 13.0. The van der Waals surface area contributed by atoms with E-state index in [0.29, 0.717) is 6.04 Å². The van der Waals surface area contributed by atoms with Crippen LogP contribution < -0.4 is 15.9 Å². The van der Waals surface area contributed by atoms with E-state index in [4.69, 9.17) is 4.74 Å². The fraction of sp³-hybridized carbons (Fsp3) is 0.250. The molecule has 1 aliphatic heterocycles. The van der Waals surface area contributed by atoms with Gasteiger partial charge >= 0.3 is 0 Å². The molecule has 1 saturated heterocycles. The lowest BCUT2D eigenvalue weighted by Gasteiger charge is -2.25. The van der Waals surface area contributed by atoms with Crippen molar-refractivity contribution < 1.29 is 4.74 Å². The first-order valence-electron chi connectivity index (χ1n) is 9.46. The Bertz CT molecular complexity index is 851. The molecule has 1 heterocycles. The fourth-order valence-electron chi connectivity index (χ4n) is 3.41. The third-order valence-corrected chi connectivity index (χ3v) is 7.55. The highest BCUT2D eigenvalue weighted by Gasteiger charge is 2.34. The molecule has 0 unspecified atom stereocenters. The summed E-state index contributed by atoms with van der Waals surface area (Å²) in [5.74, 6) is 0.925. The van der Waals surface area contributed by atoms with Gasteiger partial charge < -0.3 is 10.1 Å². The molecule has 2 aliphatic rings. The Morgan fingerprint density at radius 1 is 0.926 bits per heavy atom. The normalized spacial score (nSPS) is 21.9. The number of hydrogen-bond donors (Lipinski definition) is 1. The summed E-state index contributed by atoms with van der Waals surface area (Å²) in [6, 6.07) is 22.0. The lowest BCUT2D eigenvalue weighted by atomic mass is 9.88. The Hall–Kier alpha value is -2.31. The van der Waals surface area contributed by atoms with Crippen molar-refractivity contribution in [3.05, 3.63) is 95.7 Å². The monoisotopic (exact) mass is 375 g/mol. The number of rotatable bonds is 3. The number of benzene rings is 2. The number of allylic oxidation sites excluding steroid dienone is 5.